The third-order valence-corrected chi connectivity index (χ3v) is 4.30. The molecule has 1 fully saturated rings. The number of hydrogen-bond donors (Lipinski definition) is 1. The summed E-state index contributed by atoms with van der Waals surface area (Å²) in [5.74, 6) is 0. The van der Waals surface area contributed by atoms with Gasteiger partial charge in [-0.3, -0.25) is 10.1 Å². The van der Waals surface area contributed by atoms with Gasteiger partial charge in [0.05, 0.1) is 4.92 Å². The van der Waals surface area contributed by atoms with Crippen molar-refractivity contribution < 1.29 is 4.92 Å². The predicted octanol–water partition coefficient (Wildman–Crippen LogP) is 4.11. The van der Waals surface area contributed by atoms with Gasteiger partial charge in [-0.05, 0) is 25.3 Å². The Balaban J connectivity index is 1.96. The highest BCUT2D eigenvalue weighted by Crippen LogP contribution is 2.22. The Bertz CT molecular complexity index is 452. The molecule has 0 aliphatic heterocycles. The van der Waals surface area contributed by atoms with Crippen LogP contribution in [0.5, 0.6) is 0 Å². The molecule has 0 heterocycles. The summed E-state index contributed by atoms with van der Waals surface area (Å²) in [6, 6.07) is 5.90. The van der Waals surface area contributed by atoms with Crippen LogP contribution in [0, 0.1) is 17.0 Å². The molecule has 0 unspecified atom stereocenters. The first-order valence-corrected chi connectivity index (χ1v) is 7.65. The summed E-state index contributed by atoms with van der Waals surface area (Å²) >= 11 is 0. The molecule has 0 aromatic heterocycles. The number of nitrogens with zero attached hydrogens (tertiary/aromatic N) is 1. The second kappa shape index (κ2) is 7.39. The van der Waals surface area contributed by atoms with Gasteiger partial charge in [0.2, 0.25) is 0 Å². The third-order valence-electron chi connectivity index (χ3n) is 4.30. The molecule has 1 aliphatic carbocycles. The summed E-state index contributed by atoms with van der Waals surface area (Å²) < 4.78 is 0. The Labute approximate surface area is 120 Å². The first kappa shape index (κ1) is 15.0. The Morgan fingerprint density at radius 3 is 2.50 bits per heavy atom. The van der Waals surface area contributed by atoms with Crippen molar-refractivity contribution in [2.75, 3.05) is 0 Å². The quantitative estimate of drug-likeness (QED) is 0.665. The van der Waals surface area contributed by atoms with Crippen molar-refractivity contribution in [3.8, 4) is 0 Å². The molecule has 4 nitrogen and oxygen atoms in total. The lowest BCUT2D eigenvalue weighted by atomic mass is 9.96. The average molecular weight is 276 g/mol. The van der Waals surface area contributed by atoms with E-state index >= 15 is 0 Å². The Morgan fingerprint density at radius 1 is 1.20 bits per heavy atom. The van der Waals surface area contributed by atoms with Crippen LogP contribution in [0.15, 0.2) is 18.2 Å². The second-order valence-electron chi connectivity index (χ2n) is 5.74. The molecular weight excluding hydrogens is 252 g/mol. The van der Waals surface area contributed by atoms with Crippen molar-refractivity contribution in [2.45, 2.75) is 64.5 Å². The molecule has 0 spiro atoms. The fourth-order valence-electron chi connectivity index (χ4n) is 2.97. The van der Waals surface area contributed by atoms with Crippen LogP contribution in [0.1, 0.15) is 56.1 Å². The van der Waals surface area contributed by atoms with Crippen LogP contribution in [-0.4, -0.2) is 11.0 Å². The SMILES string of the molecule is Cc1c(CNC2CCCCCCC2)cccc1[N+](=O)[O-]. The van der Waals surface area contributed by atoms with Gasteiger partial charge in [0.25, 0.3) is 5.69 Å². The third kappa shape index (κ3) is 4.04. The number of nitro benzene ring substituents is 1. The van der Waals surface area contributed by atoms with Gasteiger partial charge in [0.1, 0.15) is 0 Å². The molecule has 0 amide bonds. The highest BCUT2D eigenvalue weighted by Gasteiger charge is 2.15. The molecular formula is C16H24N2O2. The minimum Gasteiger partial charge on any atom is -0.310 e. The molecule has 1 N–H and O–H groups in total. The van der Waals surface area contributed by atoms with Crippen molar-refractivity contribution in [3.05, 3.63) is 39.4 Å². The maximum atomic E-state index is 10.9. The smallest absolute Gasteiger partial charge is 0.272 e. The van der Waals surface area contributed by atoms with Crippen molar-refractivity contribution in [1.82, 2.24) is 5.32 Å². The van der Waals surface area contributed by atoms with Crippen molar-refractivity contribution in [2.24, 2.45) is 0 Å². The summed E-state index contributed by atoms with van der Waals surface area (Å²) in [6.45, 7) is 2.57. The minimum atomic E-state index is -0.297. The molecule has 1 aliphatic rings. The molecule has 0 saturated heterocycles. The fourth-order valence-corrected chi connectivity index (χ4v) is 2.97. The van der Waals surface area contributed by atoms with E-state index in [1.54, 1.807) is 12.1 Å². The lowest BCUT2D eigenvalue weighted by Gasteiger charge is -2.21. The minimum absolute atomic E-state index is 0.224. The summed E-state index contributed by atoms with van der Waals surface area (Å²) in [6.07, 6.45) is 9.11. The van der Waals surface area contributed by atoms with E-state index in [9.17, 15) is 10.1 Å². The molecule has 4 heteroatoms. The maximum absolute atomic E-state index is 10.9. The fraction of sp³-hybridized carbons (Fsp3) is 0.625. The first-order chi connectivity index (χ1) is 9.68. The highest BCUT2D eigenvalue weighted by atomic mass is 16.6. The number of nitro groups is 1. The number of rotatable bonds is 4. The van der Waals surface area contributed by atoms with Gasteiger partial charge < -0.3 is 5.32 Å². The molecule has 1 aromatic rings. The molecule has 0 atom stereocenters. The number of hydrogen-bond acceptors (Lipinski definition) is 3. The topological polar surface area (TPSA) is 55.2 Å². The van der Waals surface area contributed by atoms with Gasteiger partial charge in [-0.25, -0.2) is 0 Å². The van der Waals surface area contributed by atoms with Crippen LogP contribution in [0.4, 0.5) is 5.69 Å². The summed E-state index contributed by atoms with van der Waals surface area (Å²) in [4.78, 5) is 10.7. The van der Waals surface area contributed by atoms with Crippen molar-refractivity contribution in [1.29, 1.82) is 0 Å². The molecule has 1 saturated carbocycles. The van der Waals surface area contributed by atoms with Crippen LogP contribution in [-0.2, 0) is 6.54 Å². The van der Waals surface area contributed by atoms with E-state index in [0.29, 0.717) is 6.04 Å². The molecule has 0 radical (unpaired) electrons. The summed E-state index contributed by atoms with van der Waals surface area (Å²) in [5, 5.41) is 14.5. The summed E-state index contributed by atoms with van der Waals surface area (Å²) in [7, 11) is 0. The molecule has 20 heavy (non-hydrogen) atoms. The largest absolute Gasteiger partial charge is 0.310 e. The molecule has 1 aromatic carbocycles. The van der Waals surface area contributed by atoms with Crippen molar-refractivity contribution in [3.63, 3.8) is 0 Å². The lowest BCUT2D eigenvalue weighted by molar-refractivity contribution is -0.385. The normalized spacial score (nSPS) is 17.4. The monoisotopic (exact) mass is 276 g/mol. The Morgan fingerprint density at radius 2 is 1.85 bits per heavy atom. The van der Waals surface area contributed by atoms with Gasteiger partial charge in [-0.1, -0.05) is 44.2 Å². The average Bonchev–Trinajstić information content (AvgIpc) is 2.38. The van der Waals surface area contributed by atoms with Gasteiger partial charge in [0, 0.05) is 24.2 Å². The maximum Gasteiger partial charge on any atom is 0.272 e. The summed E-state index contributed by atoms with van der Waals surface area (Å²) in [5.41, 5.74) is 2.05. The number of benzene rings is 1. The van der Waals surface area contributed by atoms with E-state index in [4.69, 9.17) is 0 Å². The van der Waals surface area contributed by atoms with E-state index in [1.807, 2.05) is 13.0 Å². The predicted molar refractivity (Wildman–Crippen MR) is 80.8 cm³/mol. The number of nitrogens with one attached hydrogen (secondary N) is 1. The standard InChI is InChI=1S/C16H24N2O2/c1-13-14(8-7-11-16(13)18(19)20)12-17-15-9-5-3-2-4-6-10-15/h7-8,11,15,17H,2-6,9-10,12H2,1H3. The van der Waals surface area contributed by atoms with E-state index in [0.717, 1.165) is 17.7 Å². The van der Waals surface area contributed by atoms with Gasteiger partial charge in [-0.2, -0.15) is 0 Å². The van der Waals surface area contributed by atoms with E-state index in [-0.39, 0.29) is 10.6 Å². The van der Waals surface area contributed by atoms with Crippen molar-refractivity contribution >= 4 is 5.69 Å². The van der Waals surface area contributed by atoms with E-state index in [1.165, 1.54) is 44.9 Å². The highest BCUT2D eigenvalue weighted by molar-refractivity contribution is 5.44. The first-order valence-electron chi connectivity index (χ1n) is 7.65. The molecule has 110 valence electrons. The van der Waals surface area contributed by atoms with Gasteiger partial charge >= 0.3 is 0 Å². The molecule has 0 bridgehead atoms. The van der Waals surface area contributed by atoms with Gasteiger partial charge in [-0.15, -0.1) is 0 Å². The van der Waals surface area contributed by atoms with Gasteiger partial charge in [0.15, 0.2) is 0 Å². The zero-order chi connectivity index (χ0) is 14.4. The van der Waals surface area contributed by atoms with Crippen LogP contribution in [0.3, 0.4) is 0 Å². The second-order valence-corrected chi connectivity index (χ2v) is 5.74. The Hall–Kier alpha value is -1.42. The lowest BCUT2D eigenvalue weighted by Crippen LogP contribution is -2.29. The van der Waals surface area contributed by atoms with E-state index < -0.39 is 0 Å². The van der Waals surface area contributed by atoms with Crippen LogP contribution in [0.2, 0.25) is 0 Å². The Kier molecular flexibility index (Phi) is 5.53. The zero-order valence-electron chi connectivity index (χ0n) is 12.2. The van der Waals surface area contributed by atoms with Crippen LogP contribution in [0.25, 0.3) is 0 Å². The van der Waals surface area contributed by atoms with Crippen LogP contribution >= 0.6 is 0 Å². The zero-order valence-corrected chi connectivity index (χ0v) is 12.2. The van der Waals surface area contributed by atoms with Crippen LogP contribution < -0.4 is 5.32 Å². The molecule has 2 rings (SSSR count). The van der Waals surface area contributed by atoms with E-state index in [2.05, 4.69) is 5.32 Å².